The van der Waals surface area contributed by atoms with E-state index in [1.807, 2.05) is 0 Å². The molecule has 0 spiro atoms. The van der Waals surface area contributed by atoms with E-state index < -0.39 is 12.1 Å². The highest BCUT2D eigenvalue weighted by Crippen LogP contribution is 2.05. The Hall–Kier alpha value is -1.79. The largest absolute Gasteiger partial charge is 0.453 e. The van der Waals surface area contributed by atoms with Crippen molar-refractivity contribution in [2.45, 2.75) is 25.3 Å². The minimum Gasteiger partial charge on any atom is -0.453 e. The molecule has 0 aromatic carbocycles. The van der Waals surface area contributed by atoms with Gasteiger partial charge in [-0.2, -0.15) is 0 Å². The van der Waals surface area contributed by atoms with E-state index in [-0.39, 0.29) is 18.4 Å². The third kappa shape index (κ3) is 4.23. The summed E-state index contributed by atoms with van der Waals surface area (Å²) in [7, 11) is 2.70. The molecule has 0 unspecified atom stereocenters. The van der Waals surface area contributed by atoms with Gasteiger partial charge in [-0.15, -0.1) is 0 Å². The van der Waals surface area contributed by atoms with Gasteiger partial charge in [0.15, 0.2) is 0 Å². The number of rotatable bonds is 3. The van der Waals surface area contributed by atoms with Gasteiger partial charge in [-0.05, 0) is 19.3 Å². The Kier molecular flexibility index (Phi) is 5.41. The van der Waals surface area contributed by atoms with Gasteiger partial charge in [0.05, 0.1) is 7.11 Å². The topological polar surface area (TPSA) is 87.7 Å². The fourth-order valence-electron chi connectivity index (χ4n) is 1.75. The third-order valence-electron chi connectivity index (χ3n) is 2.74. The Morgan fingerprint density at radius 2 is 2.22 bits per heavy atom. The summed E-state index contributed by atoms with van der Waals surface area (Å²) in [6.07, 6.45) is 1.84. The molecule has 0 aromatic rings. The van der Waals surface area contributed by atoms with Crippen molar-refractivity contribution in [3.8, 4) is 0 Å². The monoisotopic (exact) mass is 257 g/mol. The lowest BCUT2D eigenvalue weighted by Gasteiger charge is -2.18. The first-order valence-corrected chi connectivity index (χ1v) is 5.90. The van der Waals surface area contributed by atoms with Crippen LogP contribution in [0.1, 0.15) is 19.3 Å². The average molecular weight is 257 g/mol. The molecule has 0 aliphatic carbocycles. The number of hydrogen-bond acceptors (Lipinski definition) is 4. The molecule has 1 rings (SSSR count). The van der Waals surface area contributed by atoms with E-state index in [0.717, 1.165) is 17.7 Å². The molecule has 1 atom stereocenters. The van der Waals surface area contributed by atoms with Crippen LogP contribution in [0, 0.1) is 0 Å². The first kappa shape index (κ1) is 14.3. The van der Waals surface area contributed by atoms with Gasteiger partial charge in [-0.25, -0.2) is 4.79 Å². The number of likely N-dealkylation sites (N-methyl/N-ethyl adjacent to an activating group) is 1. The molecule has 1 aliphatic rings. The maximum Gasteiger partial charge on any atom is 0.409 e. The molecule has 1 saturated heterocycles. The SMILES string of the molecule is COC(=O)N(C)CC(=O)N[C@@H]1CCCCNC1=O. The van der Waals surface area contributed by atoms with Crippen LogP contribution in [0.5, 0.6) is 0 Å². The number of carbonyl (C=O) groups is 3. The van der Waals surface area contributed by atoms with Crippen LogP contribution in [-0.4, -0.2) is 56.1 Å². The maximum atomic E-state index is 11.7. The Labute approximate surface area is 106 Å². The van der Waals surface area contributed by atoms with Gasteiger partial charge in [0, 0.05) is 13.6 Å². The van der Waals surface area contributed by atoms with E-state index in [4.69, 9.17) is 0 Å². The zero-order valence-corrected chi connectivity index (χ0v) is 10.7. The van der Waals surface area contributed by atoms with Gasteiger partial charge in [0.1, 0.15) is 12.6 Å². The van der Waals surface area contributed by atoms with Gasteiger partial charge >= 0.3 is 6.09 Å². The van der Waals surface area contributed by atoms with Crippen LogP contribution in [0.15, 0.2) is 0 Å². The van der Waals surface area contributed by atoms with Crippen LogP contribution in [0.4, 0.5) is 4.79 Å². The predicted molar refractivity (Wildman–Crippen MR) is 63.8 cm³/mol. The third-order valence-corrected chi connectivity index (χ3v) is 2.74. The molecule has 0 saturated carbocycles. The fourth-order valence-corrected chi connectivity index (χ4v) is 1.75. The summed E-state index contributed by atoms with van der Waals surface area (Å²) in [4.78, 5) is 35.5. The van der Waals surface area contributed by atoms with Crippen LogP contribution < -0.4 is 10.6 Å². The van der Waals surface area contributed by atoms with Crippen molar-refractivity contribution >= 4 is 17.9 Å². The highest BCUT2D eigenvalue weighted by atomic mass is 16.5. The number of carbonyl (C=O) groups excluding carboxylic acids is 3. The van der Waals surface area contributed by atoms with Crippen molar-refractivity contribution in [1.82, 2.24) is 15.5 Å². The van der Waals surface area contributed by atoms with E-state index in [2.05, 4.69) is 15.4 Å². The number of ether oxygens (including phenoxy) is 1. The molecule has 0 aromatic heterocycles. The highest BCUT2D eigenvalue weighted by molar-refractivity contribution is 5.89. The Morgan fingerprint density at radius 3 is 2.89 bits per heavy atom. The Bertz CT molecular complexity index is 332. The summed E-state index contributed by atoms with van der Waals surface area (Å²) in [5.74, 6) is -0.536. The number of methoxy groups -OCH3 is 1. The molecular formula is C11H19N3O4. The van der Waals surface area contributed by atoms with Crippen molar-refractivity contribution in [3.63, 3.8) is 0 Å². The molecule has 0 bridgehead atoms. The Balaban J connectivity index is 2.43. The maximum absolute atomic E-state index is 11.7. The second kappa shape index (κ2) is 6.83. The van der Waals surface area contributed by atoms with Crippen molar-refractivity contribution in [3.05, 3.63) is 0 Å². The van der Waals surface area contributed by atoms with Gasteiger partial charge in [0.2, 0.25) is 11.8 Å². The van der Waals surface area contributed by atoms with Gasteiger partial charge in [-0.1, -0.05) is 0 Å². The molecule has 2 N–H and O–H groups in total. The summed E-state index contributed by atoms with van der Waals surface area (Å²) in [5, 5.41) is 5.35. The molecule has 102 valence electrons. The van der Waals surface area contributed by atoms with Crippen LogP contribution >= 0.6 is 0 Å². The molecule has 1 aliphatic heterocycles. The zero-order valence-electron chi connectivity index (χ0n) is 10.7. The van der Waals surface area contributed by atoms with Crippen molar-refractivity contribution < 1.29 is 19.1 Å². The quantitative estimate of drug-likeness (QED) is 0.711. The lowest BCUT2D eigenvalue weighted by molar-refractivity contribution is -0.129. The molecular weight excluding hydrogens is 238 g/mol. The number of hydrogen-bond donors (Lipinski definition) is 2. The van der Waals surface area contributed by atoms with E-state index >= 15 is 0 Å². The normalized spacial score (nSPS) is 19.4. The lowest BCUT2D eigenvalue weighted by atomic mass is 10.1. The molecule has 1 fully saturated rings. The number of amides is 3. The van der Waals surface area contributed by atoms with Gasteiger partial charge in [0.25, 0.3) is 0 Å². The molecule has 18 heavy (non-hydrogen) atoms. The van der Waals surface area contributed by atoms with E-state index in [0.29, 0.717) is 13.0 Å². The summed E-state index contributed by atoms with van der Waals surface area (Å²) in [6, 6.07) is -0.508. The van der Waals surface area contributed by atoms with Crippen LogP contribution in [0.3, 0.4) is 0 Å². The Morgan fingerprint density at radius 1 is 1.50 bits per heavy atom. The molecule has 7 nitrogen and oxygen atoms in total. The second-order valence-electron chi connectivity index (χ2n) is 4.23. The first-order chi connectivity index (χ1) is 8.54. The molecule has 7 heteroatoms. The first-order valence-electron chi connectivity index (χ1n) is 5.90. The second-order valence-corrected chi connectivity index (χ2v) is 4.23. The highest BCUT2D eigenvalue weighted by Gasteiger charge is 2.23. The molecule has 1 heterocycles. The van der Waals surface area contributed by atoms with Crippen molar-refractivity contribution in [1.29, 1.82) is 0 Å². The smallest absolute Gasteiger partial charge is 0.409 e. The van der Waals surface area contributed by atoms with Crippen molar-refractivity contribution in [2.75, 3.05) is 27.2 Å². The number of nitrogens with one attached hydrogen (secondary N) is 2. The standard InChI is InChI=1S/C11H19N3O4/c1-14(11(17)18-2)7-9(15)13-8-5-3-4-6-12-10(8)16/h8H,3-7H2,1-2H3,(H,12,16)(H,13,15)/t8-/m1/s1. The van der Waals surface area contributed by atoms with E-state index in [1.54, 1.807) is 0 Å². The lowest BCUT2D eigenvalue weighted by Crippen LogP contribution is -2.48. The summed E-state index contributed by atoms with van der Waals surface area (Å²) in [6.45, 7) is 0.518. The molecule has 3 amide bonds. The van der Waals surface area contributed by atoms with Gasteiger partial charge < -0.3 is 20.3 Å². The average Bonchev–Trinajstić information content (AvgIpc) is 2.53. The summed E-state index contributed by atoms with van der Waals surface area (Å²) < 4.78 is 4.47. The minimum atomic E-state index is -0.588. The number of nitrogens with zero attached hydrogens (tertiary/aromatic N) is 1. The summed E-state index contributed by atoms with van der Waals surface area (Å²) in [5.41, 5.74) is 0. The van der Waals surface area contributed by atoms with Crippen LogP contribution in [-0.2, 0) is 14.3 Å². The van der Waals surface area contributed by atoms with Gasteiger partial charge in [-0.3, -0.25) is 9.59 Å². The van der Waals surface area contributed by atoms with Crippen LogP contribution in [0.25, 0.3) is 0 Å². The van der Waals surface area contributed by atoms with Crippen molar-refractivity contribution in [2.24, 2.45) is 0 Å². The minimum absolute atomic E-state index is 0.129. The van der Waals surface area contributed by atoms with Crippen LogP contribution in [0.2, 0.25) is 0 Å². The fraction of sp³-hybridized carbons (Fsp3) is 0.727. The zero-order chi connectivity index (χ0) is 13.5. The van der Waals surface area contributed by atoms with E-state index in [1.165, 1.54) is 14.2 Å². The molecule has 0 radical (unpaired) electrons. The van der Waals surface area contributed by atoms with E-state index in [9.17, 15) is 14.4 Å². The summed E-state index contributed by atoms with van der Waals surface area (Å²) >= 11 is 0. The predicted octanol–water partition coefficient (Wildman–Crippen LogP) is -0.530.